The summed E-state index contributed by atoms with van der Waals surface area (Å²) >= 11 is 10.8. The van der Waals surface area contributed by atoms with E-state index in [1.807, 2.05) is 0 Å². The van der Waals surface area contributed by atoms with E-state index in [9.17, 15) is 9.18 Å². The Morgan fingerprint density at radius 3 is 2.80 bits per heavy atom. The number of unbranched alkanes of at least 4 members (excludes halogenated alkanes) is 1. The summed E-state index contributed by atoms with van der Waals surface area (Å²) in [5.74, 6) is -0.265. The molecule has 0 heterocycles. The van der Waals surface area contributed by atoms with E-state index >= 15 is 0 Å². The normalized spacial score (nSPS) is 10.2. The van der Waals surface area contributed by atoms with Gasteiger partial charge in [0.15, 0.2) is 5.11 Å². The number of hydrogen-bond acceptors (Lipinski definition) is 3. The van der Waals surface area contributed by atoms with E-state index < -0.39 is 5.82 Å². The Balaban J connectivity index is 1.95. The van der Waals surface area contributed by atoms with Crippen LogP contribution in [0.4, 0.5) is 10.1 Å². The maximum atomic E-state index is 13.1. The topological polar surface area (TPSA) is 50.4 Å². The van der Waals surface area contributed by atoms with Crippen molar-refractivity contribution in [2.75, 3.05) is 11.9 Å². The van der Waals surface area contributed by atoms with Gasteiger partial charge in [0.1, 0.15) is 11.6 Å². The van der Waals surface area contributed by atoms with Gasteiger partial charge in [-0.05, 0) is 55.0 Å². The summed E-state index contributed by atoms with van der Waals surface area (Å²) in [5.41, 5.74) is 0.906. The standard InChI is InChI=1S/C18H18ClFN2O2S/c1-2-3-9-24-14-6-4-5-12(10-14)17(23)22-18(25)21-13-7-8-16(20)15(19)11-13/h4-8,10-11H,2-3,9H2,1H3,(H2,21,22,23,25). The van der Waals surface area contributed by atoms with Crippen LogP contribution in [0.15, 0.2) is 42.5 Å². The molecule has 2 N–H and O–H groups in total. The number of thiocarbonyl (C=S) groups is 1. The summed E-state index contributed by atoms with van der Waals surface area (Å²) in [6, 6.07) is 10.9. The molecule has 4 nitrogen and oxygen atoms in total. The van der Waals surface area contributed by atoms with E-state index in [-0.39, 0.29) is 16.0 Å². The molecule has 0 aromatic heterocycles. The molecule has 0 spiro atoms. The third-order valence-corrected chi connectivity index (χ3v) is 3.76. The maximum Gasteiger partial charge on any atom is 0.257 e. The Labute approximate surface area is 156 Å². The number of carbonyl (C=O) groups is 1. The molecule has 0 atom stereocenters. The van der Waals surface area contributed by atoms with Crippen molar-refractivity contribution in [2.24, 2.45) is 0 Å². The lowest BCUT2D eigenvalue weighted by Crippen LogP contribution is -2.34. The molecule has 1 amide bonds. The lowest BCUT2D eigenvalue weighted by Gasteiger charge is -2.11. The molecule has 132 valence electrons. The molecule has 0 saturated carbocycles. The molecule has 2 aromatic rings. The van der Waals surface area contributed by atoms with Gasteiger partial charge in [0, 0.05) is 11.3 Å². The number of hydrogen-bond donors (Lipinski definition) is 2. The van der Waals surface area contributed by atoms with Gasteiger partial charge in [-0.1, -0.05) is 31.0 Å². The zero-order valence-corrected chi connectivity index (χ0v) is 15.2. The number of nitrogens with one attached hydrogen (secondary N) is 2. The third-order valence-electron chi connectivity index (χ3n) is 3.27. The Kier molecular flexibility index (Phi) is 7.16. The summed E-state index contributed by atoms with van der Waals surface area (Å²) in [6.45, 7) is 2.68. The number of ether oxygens (including phenoxy) is 1. The predicted molar refractivity (Wildman–Crippen MR) is 102 cm³/mol. The van der Waals surface area contributed by atoms with Crippen LogP contribution in [0.25, 0.3) is 0 Å². The van der Waals surface area contributed by atoms with Gasteiger partial charge in [-0.15, -0.1) is 0 Å². The summed E-state index contributed by atoms with van der Waals surface area (Å²) < 4.78 is 18.7. The van der Waals surface area contributed by atoms with Crippen molar-refractivity contribution in [3.8, 4) is 5.75 Å². The predicted octanol–water partition coefficient (Wildman–Crippen LogP) is 4.78. The molecular weight excluding hydrogens is 363 g/mol. The molecule has 0 fully saturated rings. The minimum absolute atomic E-state index is 0.0314. The maximum absolute atomic E-state index is 13.1. The van der Waals surface area contributed by atoms with E-state index in [2.05, 4.69) is 17.6 Å². The monoisotopic (exact) mass is 380 g/mol. The summed E-state index contributed by atoms with van der Waals surface area (Å²) in [5, 5.41) is 5.40. The molecule has 2 rings (SSSR count). The van der Waals surface area contributed by atoms with Crippen LogP contribution in [0.3, 0.4) is 0 Å². The van der Waals surface area contributed by atoms with Crippen molar-refractivity contribution >= 4 is 40.5 Å². The summed E-state index contributed by atoms with van der Waals surface area (Å²) in [7, 11) is 0. The van der Waals surface area contributed by atoms with Crippen molar-refractivity contribution in [2.45, 2.75) is 19.8 Å². The zero-order chi connectivity index (χ0) is 18.2. The summed E-state index contributed by atoms with van der Waals surface area (Å²) in [6.07, 6.45) is 1.98. The Morgan fingerprint density at radius 1 is 1.28 bits per heavy atom. The molecule has 7 heteroatoms. The van der Waals surface area contributed by atoms with E-state index in [0.29, 0.717) is 23.6 Å². The molecule has 2 aromatic carbocycles. The minimum Gasteiger partial charge on any atom is -0.494 e. The number of halogens is 2. The fraction of sp³-hybridized carbons (Fsp3) is 0.222. The Bertz CT molecular complexity index is 770. The van der Waals surface area contributed by atoms with E-state index in [1.54, 1.807) is 24.3 Å². The van der Waals surface area contributed by atoms with Gasteiger partial charge >= 0.3 is 0 Å². The Hall–Kier alpha value is -2.18. The number of rotatable bonds is 6. The average Bonchev–Trinajstić information content (AvgIpc) is 2.58. The molecule has 0 aliphatic heterocycles. The van der Waals surface area contributed by atoms with E-state index in [0.717, 1.165) is 12.8 Å². The van der Waals surface area contributed by atoms with Crippen molar-refractivity contribution < 1.29 is 13.9 Å². The average molecular weight is 381 g/mol. The van der Waals surface area contributed by atoms with Crippen LogP contribution in [0.1, 0.15) is 30.1 Å². The highest BCUT2D eigenvalue weighted by Gasteiger charge is 2.10. The molecule has 0 aliphatic carbocycles. The second-order valence-electron chi connectivity index (χ2n) is 5.27. The van der Waals surface area contributed by atoms with Gasteiger partial charge in [0.05, 0.1) is 11.6 Å². The first kappa shape index (κ1) is 19.1. The van der Waals surface area contributed by atoms with Gasteiger partial charge in [-0.25, -0.2) is 4.39 Å². The lowest BCUT2D eigenvalue weighted by molar-refractivity contribution is 0.0977. The van der Waals surface area contributed by atoms with Crippen LogP contribution in [0.2, 0.25) is 5.02 Å². The van der Waals surface area contributed by atoms with Crippen molar-refractivity contribution in [3.05, 3.63) is 58.9 Å². The highest BCUT2D eigenvalue weighted by atomic mass is 35.5. The zero-order valence-electron chi connectivity index (χ0n) is 13.6. The molecule has 25 heavy (non-hydrogen) atoms. The van der Waals surface area contributed by atoms with Crippen molar-refractivity contribution in [3.63, 3.8) is 0 Å². The highest BCUT2D eigenvalue weighted by molar-refractivity contribution is 7.80. The smallest absolute Gasteiger partial charge is 0.257 e. The number of anilines is 1. The molecule has 0 saturated heterocycles. The van der Waals surface area contributed by atoms with Gasteiger partial charge in [-0.3, -0.25) is 10.1 Å². The van der Waals surface area contributed by atoms with Gasteiger partial charge in [0.2, 0.25) is 0 Å². The van der Waals surface area contributed by atoms with Crippen LogP contribution in [-0.4, -0.2) is 17.6 Å². The Morgan fingerprint density at radius 2 is 2.08 bits per heavy atom. The molecule has 0 radical (unpaired) electrons. The highest BCUT2D eigenvalue weighted by Crippen LogP contribution is 2.19. The second kappa shape index (κ2) is 9.34. The number of benzene rings is 2. The van der Waals surface area contributed by atoms with E-state index in [1.165, 1.54) is 18.2 Å². The SMILES string of the molecule is CCCCOc1cccc(C(=O)NC(=S)Nc2ccc(F)c(Cl)c2)c1. The van der Waals surface area contributed by atoms with Gasteiger partial charge < -0.3 is 10.1 Å². The third kappa shape index (κ3) is 5.99. The first-order valence-electron chi connectivity index (χ1n) is 7.80. The number of amides is 1. The van der Waals surface area contributed by atoms with Gasteiger partial charge in [-0.2, -0.15) is 0 Å². The van der Waals surface area contributed by atoms with Crippen molar-refractivity contribution in [1.29, 1.82) is 0 Å². The van der Waals surface area contributed by atoms with Gasteiger partial charge in [0.25, 0.3) is 5.91 Å². The van der Waals surface area contributed by atoms with Crippen LogP contribution in [-0.2, 0) is 0 Å². The number of carbonyl (C=O) groups excluding carboxylic acids is 1. The van der Waals surface area contributed by atoms with Crippen LogP contribution in [0.5, 0.6) is 5.75 Å². The lowest BCUT2D eigenvalue weighted by atomic mass is 10.2. The first-order chi connectivity index (χ1) is 12.0. The fourth-order valence-electron chi connectivity index (χ4n) is 1.97. The quantitative estimate of drug-likeness (QED) is 0.559. The fourth-order valence-corrected chi connectivity index (χ4v) is 2.36. The van der Waals surface area contributed by atoms with Crippen LogP contribution >= 0.6 is 23.8 Å². The molecule has 0 aliphatic rings. The summed E-state index contributed by atoms with van der Waals surface area (Å²) in [4.78, 5) is 12.3. The first-order valence-corrected chi connectivity index (χ1v) is 8.58. The van der Waals surface area contributed by atoms with E-state index in [4.69, 9.17) is 28.6 Å². The minimum atomic E-state index is -0.526. The van der Waals surface area contributed by atoms with Crippen LogP contribution < -0.4 is 15.4 Å². The molecular formula is C18H18ClFN2O2S. The van der Waals surface area contributed by atoms with Crippen LogP contribution in [0, 0.1) is 5.82 Å². The molecule has 0 bridgehead atoms. The molecule has 0 unspecified atom stereocenters. The van der Waals surface area contributed by atoms with Crippen molar-refractivity contribution in [1.82, 2.24) is 5.32 Å². The second-order valence-corrected chi connectivity index (χ2v) is 6.08. The largest absolute Gasteiger partial charge is 0.494 e.